The van der Waals surface area contributed by atoms with Crippen LogP contribution in [0, 0.1) is 0 Å². The summed E-state index contributed by atoms with van der Waals surface area (Å²) in [6.45, 7) is 3.53. The number of esters is 1. The molecule has 1 amide bonds. The third-order valence-corrected chi connectivity index (χ3v) is 4.26. The Morgan fingerprint density at radius 2 is 1.96 bits per heavy atom. The standard InChI is InChI=1S/C17H19NO5/c1-17(2)15-14(16(20)23-17)11(8-13(19)18-15)10-6-5-9(21-3)7-12(10)22-4/h5-7,11H,8H2,1-4H3,(H,18,19)/t11-/m0/s1. The minimum atomic E-state index is -0.833. The number of carbonyl (C=O) groups excluding carboxylic acids is 2. The van der Waals surface area contributed by atoms with Crippen LogP contribution in [0.15, 0.2) is 29.5 Å². The lowest BCUT2D eigenvalue weighted by Gasteiger charge is -2.27. The number of hydrogen-bond donors (Lipinski definition) is 1. The van der Waals surface area contributed by atoms with Crippen molar-refractivity contribution in [2.75, 3.05) is 14.2 Å². The second-order valence-corrected chi connectivity index (χ2v) is 6.10. The van der Waals surface area contributed by atoms with Gasteiger partial charge in [0.1, 0.15) is 17.1 Å². The molecule has 23 heavy (non-hydrogen) atoms. The molecule has 0 fully saturated rings. The molecular formula is C17H19NO5. The zero-order valence-electron chi connectivity index (χ0n) is 13.6. The number of methoxy groups -OCH3 is 2. The van der Waals surface area contributed by atoms with E-state index in [1.807, 2.05) is 6.07 Å². The molecule has 0 unspecified atom stereocenters. The Hall–Kier alpha value is -2.50. The number of benzene rings is 1. The van der Waals surface area contributed by atoms with Gasteiger partial charge in [0.2, 0.25) is 5.91 Å². The normalized spacial score (nSPS) is 22.3. The van der Waals surface area contributed by atoms with Crippen LogP contribution in [0.3, 0.4) is 0 Å². The van der Waals surface area contributed by atoms with Crippen molar-refractivity contribution >= 4 is 11.9 Å². The van der Waals surface area contributed by atoms with Gasteiger partial charge in [-0.15, -0.1) is 0 Å². The van der Waals surface area contributed by atoms with Gasteiger partial charge in [0.25, 0.3) is 0 Å². The van der Waals surface area contributed by atoms with Crippen molar-refractivity contribution in [1.82, 2.24) is 5.32 Å². The summed E-state index contributed by atoms with van der Waals surface area (Å²) in [7, 11) is 3.12. The van der Waals surface area contributed by atoms with Crippen LogP contribution in [-0.4, -0.2) is 31.7 Å². The number of carbonyl (C=O) groups is 2. The summed E-state index contributed by atoms with van der Waals surface area (Å²) in [5, 5.41) is 2.79. The maximum atomic E-state index is 12.3. The number of ether oxygens (including phenoxy) is 3. The highest BCUT2D eigenvalue weighted by Crippen LogP contribution is 2.45. The molecule has 1 aromatic carbocycles. The van der Waals surface area contributed by atoms with Crippen LogP contribution in [0.25, 0.3) is 0 Å². The molecule has 2 aliphatic rings. The van der Waals surface area contributed by atoms with Gasteiger partial charge in [0.15, 0.2) is 0 Å². The van der Waals surface area contributed by atoms with Gasteiger partial charge in [-0.05, 0) is 19.9 Å². The molecule has 2 aliphatic heterocycles. The monoisotopic (exact) mass is 317 g/mol. The first kappa shape index (κ1) is 15.4. The minimum Gasteiger partial charge on any atom is -0.497 e. The quantitative estimate of drug-likeness (QED) is 0.862. The van der Waals surface area contributed by atoms with Crippen LogP contribution in [0.5, 0.6) is 11.5 Å². The van der Waals surface area contributed by atoms with E-state index in [9.17, 15) is 9.59 Å². The smallest absolute Gasteiger partial charge is 0.337 e. The summed E-state index contributed by atoms with van der Waals surface area (Å²) in [6, 6.07) is 5.35. The van der Waals surface area contributed by atoms with E-state index in [-0.39, 0.29) is 12.3 Å². The second kappa shape index (κ2) is 5.30. The number of hydrogen-bond acceptors (Lipinski definition) is 5. The summed E-state index contributed by atoms with van der Waals surface area (Å²) < 4.78 is 16.0. The summed E-state index contributed by atoms with van der Waals surface area (Å²) in [5.41, 5.74) is 0.977. The first-order chi connectivity index (χ1) is 10.9. The van der Waals surface area contributed by atoms with E-state index in [4.69, 9.17) is 14.2 Å². The lowest BCUT2D eigenvalue weighted by Crippen LogP contribution is -2.38. The molecule has 6 heteroatoms. The van der Waals surface area contributed by atoms with E-state index in [0.717, 1.165) is 5.56 Å². The highest BCUT2D eigenvalue weighted by atomic mass is 16.6. The zero-order chi connectivity index (χ0) is 16.8. The van der Waals surface area contributed by atoms with Crippen molar-refractivity contribution in [3.63, 3.8) is 0 Å². The summed E-state index contributed by atoms with van der Waals surface area (Å²) in [6.07, 6.45) is 0.173. The van der Waals surface area contributed by atoms with Crippen LogP contribution in [0.2, 0.25) is 0 Å². The molecule has 0 radical (unpaired) electrons. The highest BCUT2D eigenvalue weighted by molar-refractivity contribution is 5.99. The molecule has 0 bridgehead atoms. The molecule has 0 spiro atoms. The Bertz CT molecular complexity index is 720. The van der Waals surface area contributed by atoms with Crippen molar-refractivity contribution < 1.29 is 23.8 Å². The van der Waals surface area contributed by atoms with Crippen LogP contribution < -0.4 is 14.8 Å². The topological polar surface area (TPSA) is 73.9 Å². The highest BCUT2D eigenvalue weighted by Gasteiger charge is 2.48. The molecule has 2 heterocycles. The van der Waals surface area contributed by atoms with Gasteiger partial charge in [0, 0.05) is 24.0 Å². The fourth-order valence-corrected chi connectivity index (χ4v) is 3.15. The van der Waals surface area contributed by atoms with Crippen LogP contribution in [-0.2, 0) is 14.3 Å². The van der Waals surface area contributed by atoms with E-state index < -0.39 is 17.5 Å². The van der Waals surface area contributed by atoms with E-state index >= 15 is 0 Å². The van der Waals surface area contributed by atoms with E-state index in [1.54, 1.807) is 40.2 Å². The van der Waals surface area contributed by atoms with Crippen LogP contribution in [0.4, 0.5) is 0 Å². The first-order valence-electron chi connectivity index (χ1n) is 7.37. The minimum absolute atomic E-state index is 0.141. The third-order valence-electron chi connectivity index (χ3n) is 4.26. The predicted octanol–water partition coefficient (Wildman–Crippen LogP) is 1.90. The number of nitrogens with one attached hydrogen (secondary N) is 1. The molecule has 1 N–H and O–H groups in total. The fourth-order valence-electron chi connectivity index (χ4n) is 3.15. The average molecular weight is 317 g/mol. The molecule has 122 valence electrons. The van der Waals surface area contributed by atoms with E-state index in [0.29, 0.717) is 22.8 Å². The van der Waals surface area contributed by atoms with Crippen molar-refractivity contribution in [3.05, 3.63) is 35.0 Å². The van der Waals surface area contributed by atoms with Gasteiger partial charge in [0.05, 0.1) is 25.5 Å². The first-order valence-corrected chi connectivity index (χ1v) is 7.37. The Balaban J connectivity index is 2.14. The molecule has 0 aromatic heterocycles. The van der Waals surface area contributed by atoms with Crippen molar-refractivity contribution in [3.8, 4) is 11.5 Å². The van der Waals surface area contributed by atoms with Gasteiger partial charge in [-0.2, -0.15) is 0 Å². The lowest BCUT2D eigenvalue weighted by molar-refractivity contribution is -0.144. The molecule has 0 saturated carbocycles. The second-order valence-electron chi connectivity index (χ2n) is 6.10. The van der Waals surface area contributed by atoms with E-state index in [2.05, 4.69) is 5.32 Å². The van der Waals surface area contributed by atoms with Crippen LogP contribution >= 0.6 is 0 Å². The zero-order valence-corrected chi connectivity index (χ0v) is 13.6. The average Bonchev–Trinajstić information content (AvgIpc) is 2.75. The number of rotatable bonds is 3. The molecule has 1 aromatic rings. The van der Waals surface area contributed by atoms with Crippen LogP contribution in [0.1, 0.15) is 31.7 Å². The number of cyclic esters (lactones) is 1. The molecular weight excluding hydrogens is 298 g/mol. The van der Waals surface area contributed by atoms with Crippen molar-refractivity contribution in [2.45, 2.75) is 31.8 Å². The third kappa shape index (κ3) is 2.44. The Morgan fingerprint density at radius 1 is 1.22 bits per heavy atom. The Morgan fingerprint density at radius 3 is 2.61 bits per heavy atom. The predicted molar refractivity (Wildman–Crippen MR) is 82.2 cm³/mol. The molecule has 0 aliphatic carbocycles. The van der Waals surface area contributed by atoms with Crippen molar-refractivity contribution in [1.29, 1.82) is 0 Å². The maximum absolute atomic E-state index is 12.3. The van der Waals surface area contributed by atoms with Gasteiger partial charge in [-0.1, -0.05) is 6.07 Å². The molecule has 3 rings (SSSR count). The van der Waals surface area contributed by atoms with E-state index in [1.165, 1.54) is 0 Å². The summed E-state index contributed by atoms with van der Waals surface area (Å²) >= 11 is 0. The van der Waals surface area contributed by atoms with Crippen molar-refractivity contribution in [2.24, 2.45) is 0 Å². The van der Waals surface area contributed by atoms with Gasteiger partial charge in [-0.25, -0.2) is 4.79 Å². The van der Waals surface area contributed by atoms with Gasteiger partial charge in [-0.3, -0.25) is 4.79 Å². The Labute approximate surface area is 134 Å². The molecule has 0 saturated heterocycles. The SMILES string of the molecule is COc1ccc([C@@H]2CC(=O)NC3=C2C(=O)OC3(C)C)c(OC)c1. The van der Waals surface area contributed by atoms with Gasteiger partial charge >= 0.3 is 5.97 Å². The largest absolute Gasteiger partial charge is 0.497 e. The van der Waals surface area contributed by atoms with Gasteiger partial charge < -0.3 is 19.5 Å². The maximum Gasteiger partial charge on any atom is 0.337 e. The number of amides is 1. The molecule has 6 nitrogen and oxygen atoms in total. The lowest BCUT2D eigenvalue weighted by atomic mass is 9.82. The summed E-state index contributed by atoms with van der Waals surface area (Å²) in [4.78, 5) is 24.5. The summed E-state index contributed by atoms with van der Waals surface area (Å²) in [5.74, 6) is 0.294. The Kier molecular flexibility index (Phi) is 3.55. The fraction of sp³-hybridized carbons (Fsp3) is 0.412. The molecule has 1 atom stereocenters.